The van der Waals surface area contributed by atoms with Crippen molar-refractivity contribution in [3.63, 3.8) is 0 Å². The number of alkyl halides is 3. The Hall–Kier alpha value is -0.870. The van der Waals surface area contributed by atoms with Gasteiger partial charge in [0.1, 0.15) is 0 Å². The lowest BCUT2D eigenvalue weighted by atomic mass is 10.1. The van der Waals surface area contributed by atoms with Crippen LogP contribution in [0.3, 0.4) is 0 Å². The maximum absolute atomic E-state index is 12.2. The van der Waals surface area contributed by atoms with Crippen LogP contribution in [0.2, 0.25) is 0 Å². The molecule has 2 rings (SSSR count). The number of hydrogen-bond donors (Lipinski definition) is 1. The van der Waals surface area contributed by atoms with Gasteiger partial charge in [-0.05, 0) is 41.6 Å². The largest absolute Gasteiger partial charge is 0.471 e. The second-order valence-corrected chi connectivity index (χ2v) is 5.45. The molecule has 1 saturated heterocycles. The molecule has 1 heterocycles. The van der Waals surface area contributed by atoms with E-state index in [9.17, 15) is 18.0 Å². The Morgan fingerprint density at radius 2 is 1.95 bits per heavy atom. The molecule has 1 N–H and O–H groups in total. The molecule has 0 radical (unpaired) electrons. The monoisotopic (exact) mass is 401 g/mol. The normalized spacial score (nSPS) is 18.1. The number of carbonyl (C=O) groups is 1. The van der Waals surface area contributed by atoms with Gasteiger partial charge in [-0.25, -0.2) is 0 Å². The standard InChI is InChI=1S/C12H11F3INO3/c1-11(19-4-5-20-11)7-2-3-9(8(16)6-7)17-10(18)12(13,14)15/h2-3,6H,4-5H2,1H3,(H,17,18). The maximum atomic E-state index is 12.2. The van der Waals surface area contributed by atoms with Crippen molar-refractivity contribution in [2.24, 2.45) is 0 Å². The average molecular weight is 401 g/mol. The molecule has 1 aliphatic rings. The van der Waals surface area contributed by atoms with E-state index in [0.717, 1.165) is 0 Å². The number of anilines is 1. The molecule has 110 valence electrons. The summed E-state index contributed by atoms with van der Waals surface area (Å²) in [5.74, 6) is -2.89. The van der Waals surface area contributed by atoms with Gasteiger partial charge in [0, 0.05) is 9.13 Å². The number of ether oxygens (including phenoxy) is 2. The Kier molecular flexibility index (Phi) is 4.26. The molecule has 0 bridgehead atoms. The molecule has 1 aromatic rings. The smallest absolute Gasteiger partial charge is 0.344 e. The Morgan fingerprint density at radius 1 is 1.35 bits per heavy atom. The van der Waals surface area contributed by atoms with Crippen LogP contribution in [-0.4, -0.2) is 25.3 Å². The van der Waals surface area contributed by atoms with Crippen LogP contribution in [0.1, 0.15) is 12.5 Å². The second-order valence-electron chi connectivity index (χ2n) is 4.29. The number of benzene rings is 1. The third-order valence-corrected chi connectivity index (χ3v) is 3.73. The average Bonchev–Trinajstić information content (AvgIpc) is 2.78. The number of hydrogen-bond acceptors (Lipinski definition) is 3. The summed E-state index contributed by atoms with van der Waals surface area (Å²) in [4.78, 5) is 10.9. The van der Waals surface area contributed by atoms with Crippen LogP contribution in [0.4, 0.5) is 18.9 Å². The first-order valence-electron chi connectivity index (χ1n) is 5.68. The van der Waals surface area contributed by atoms with E-state index in [-0.39, 0.29) is 5.69 Å². The molecule has 0 unspecified atom stereocenters. The Labute approximate surface area is 126 Å². The van der Waals surface area contributed by atoms with E-state index in [1.165, 1.54) is 6.07 Å². The minimum atomic E-state index is -4.91. The van der Waals surface area contributed by atoms with Crippen molar-refractivity contribution in [1.29, 1.82) is 0 Å². The summed E-state index contributed by atoms with van der Waals surface area (Å²) in [7, 11) is 0. The number of amides is 1. The zero-order valence-electron chi connectivity index (χ0n) is 10.4. The van der Waals surface area contributed by atoms with Crippen molar-refractivity contribution in [1.82, 2.24) is 0 Å². The van der Waals surface area contributed by atoms with Gasteiger partial charge < -0.3 is 14.8 Å². The zero-order valence-corrected chi connectivity index (χ0v) is 12.5. The second kappa shape index (κ2) is 5.49. The minimum absolute atomic E-state index is 0.0956. The van der Waals surface area contributed by atoms with Crippen molar-refractivity contribution >= 4 is 34.2 Å². The van der Waals surface area contributed by atoms with E-state index in [0.29, 0.717) is 22.3 Å². The molecule has 1 fully saturated rings. The Balaban J connectivity index is 2.20. The Morgan fingerprint density at radius 3 is 2.45 bits per heavy atom. The molecule has 0 aromatic heterocycles. The van der Waals surface area contributed by atoms with Crippen LogP contribution in [-0.2, 0) is 20.1 Å². The zero-order chi connectivity index (χ0) is 15.0. The van der Waals surface area contributed by atoms with Gasteiger partial charge >= 0.3 is 12.1 Å². The highest BCUT2D eigenvalue weighted by atomic mass is 127. The highest BCUT2D eigenvalue weighted by molar-refractivity contribution is 14.1. The summed E-state index contributed by atoms with van der Waals surface area (Å²) < 4.78 is 48.0. The van der Waals surface area contributed by atoms with Crippen LogP contribution >= 0.6 is 22.6 Å². The third-order valence-electron chi connectivity index (χ3n) is 2.84. The molecule has 0 spiro atoms. The summed E-state index contributed by atoms with van der Waals surface area (Å²) in [6.07, 6.45) is -4.91. The minimum Gasteiger partial charge on any atom is -0.344 e. The number of carbonyl (C=O) groups excluding carboxylic acids is 1. The highest BCUT2D eigenvalue weighted by Gasteiger charge is 2.39. The van der Waals surface area contributed by atoms with Crippen LogP contribution in [0.25, 0.3) is 0 Å². The summed E-state index contributed by atoms with van der Waals surface area (Å²) >= 11 is 1.85. The van der Waals surface area contributed by atoms with Crippen LogP contribution < -0.4 is 5.32 Å². The molecule has 1 aromatic carbocycles. The van der Waals surface area contributed by atoms with E-state index >= 15 is 0 Å². The first-order valence-corrected chi connectivity index (χ1v) is 6.76. The van der Waals surface area contributed by atoms with Crippen LogP contribution in [0, 0.1) is 3.57 Å². The quantitative estimate of drug-likeness (QED) is 0.776. The number of rotatable bonds is 2. The van der Waals surface area contributed by atoms with Gasteiger partial charge in [0.2, 0.25) is 0 Å². The lowest BCUT2D eigenvalue weighted by Gasteiger charge is -2.23. The van der Waals surface area contributed by atoms with Crippen LogP contribution in [0.15, 0.2) is 18.2 Å². The van der Waals surface area contributed by atoms with Crippen molar-refractivity contribution in [3.05, 3.63) is 27.3 Å². The fourth-order valence-corrected chi connectivity index (χ4v) is 2.42. The summed E-state index contributed by atoms with van der Waals surface area (Å²) in [6.45, 7) is 2.65. The molecular formula is C12H11F3INO3. The predicted octanol–water partition coefficient (Wildman–Crippen LogP) is 3.01. The van der Waals surface area contributed by atoms with Gasteiger partial charge in [-0.2, -0.15) is 13.2 Å². The fourth-order valence-electron chi connectivity index (χ4n) is 1.77. The highest BCUT2D eigenvalue weighted by Crippen LogP contribution is 2.33. The molecule has 1 aliphatic heterocycles. The molecule has 20 heavy (non-hydrogen) atoms. The lowest BCUT2D eigenvalue weighted by molar-refractivity contribution is -0.167. The van der Waals surface area contributed by atoms with Gasteiger partial charge in [0.15, 0.2) is 5.79 Å². The van der Waals surface area contributed by atoms with Crippen molar-refractivity contribution in [2.75, 3.05) is 18.5 Å². The molecule has 0 atom stereocenters. The van der Waals surface area contributed by atoms with E-state index in [1.807, 2.05) is 27.9 Å². The Bertz CT molecular complexity index is 527. The molecule has 0 aliphatic carbocycles. The van der Waals surface area contributed by atoms with Crippen LogP contribution in [0.5, 0.6) is 0 Å². The van der Waals surface area contributed by atoms with E-state index in [4.69, 9.17) is 9.47 Å². The van der Waals surface area contributed by atoms with Gasteiger partial charge in [-0.3, -0.25) is 4.79 Å². The maximum Gasteiger partial charge on any atom is 0.471 e. The summed E-state index contributed by atoms with van der Waals surface area (Å²) in [5, 5.41) is 1.83. The van der Waals surface area contributed by atoms with Crippen molar-refractivity contribution in [2.45, 2.75) is 18.9 Å². The number of halogens is 4. The molecule has 4 nitrogen and oxygen atoms in total. The SMILES string of the molecule is CC1(c2ccc(NC(=O)C(F)(F)F)c(I)c2)OCCO1. The van der Waals surface area contributed by atoms with Gasteiger partial charge in [0.25, 0.3) is 0 Å². The fraction of sp³-hybridized carbons (Fsp3) is 0.417. The first-order chi connectivity index (χ1) is 9.22. The summed E-state index contributed by atoms with van der Waals surface area (Å²) in [6, 6.07) is 4.59. The van der Waals surface area contributed by atoms with Crippen molar-refractivity contribution in [3.8, 4) is 0 Å². The number of nitrogens with one attached hydrogen (secondary N) is 1. The van der Waals surface area contributed by atoms with Gasteiger partial charge in [-0.1, -0.05) is 6.07 Å². The van der Waals surface area contributed by atoms with E-state index in [2.05, 4.69) is 0 Å². The topological polar surface area (TPSA) is 47.6 Å². The summed E-state index contributed by atoms with van der Waals surface area (Å²) in [5.41, 5.74) is 0.780. The third kappa shape index (κ3) is 3.23. The lowest BCUT2D eigenvalue weighted by Crippen LogP contribution is -2.30. The molecular weight excluding hydrogens is 390 g/mol. The molecule has 8 heteroatoms. The van der Waals surface area contributed by atoms with Gasteiger partial charge in [0.05, 0.1) is 18.9 Å². The van der Waals surface area contributed by atoms with Crippen molar-refractivity contribution < 1.29 is 27.4 Å². The molecule has 1 amide bonds. The predicted molar refractivity (Wildman–Crippen MR) is 73.1 cm³/mol. The van der Waals surface area contributed by atoms with E-state index < -0.39 is 17.9 Å². The van der Waals surface area contributed by atoms with Gasteiger partial charge in [-0.15, -0.1) is 0 Å². The first kappa shape index (κ1) is 15.5. The molecule has 0 saturated carbocycles. The van der Waals surface area contributed by atoms with E-state index in [1.54, 1.807) is 19.1 Å².